The van der Waals surface area contributed by atoms with Crippen LogP contribution in [0, 0.1) is 12.3 Å². The van der Waals surface area contributed by atoms with Crippen LogP contribution in [0.4, 0.5) is 0 Å². The zero-order valence-corrected chi connectivity index (χ0v) is 20.8. The number of fused-ring (bicyclic) bond motifs is 3. The van der Waals surface area contributed by atoms with E-state index in [-0.39, 0.29) is 22.3 Å². The van der Waals surface area contributed by atoms with Crippen molar-refractivity contribution < 1.29 is 24.6 Å². The highest BCUT2D eigenvalue weighted by atomic mass is 16.4. The molecule has 0 bridgehead atoms. The topological polar surface area (TPSA) is 91.7 Å². The van der Waals surface area contributed by atoms with Gasteiger partial charge in [0.15, 0.2) is 5.78 Å². The Hall–Kier alpha value is -4.25. The minimum Gasteiger partial charge on any atom is -0.478 e. The minimum absolute atomic E-state index is 0.116. The Balaban J connectivity index is 0.000000173. The maximum Gasteiger partial charge on any atom is 0.336 e. The predicted octanol–water partition coefficient (Wildman–Crippen LogP) is 6.51. The van der Waals surface area contributed by atoms with Gasteiger partial charge >= 0.3 is 11.9 Å². The van der Waals surface area contributed by atoms with Crippen molar-refractivity contribution in [1.29, 1.82) is 0 Å². The second kappa shape index (κ2) is 9.42. The maximum atomic E-state index is 12.0. The van der Waals surface area contributed by atoms with Crippen LogP contribution in [0.15, 0.2) is 83.5 Å². The number of aryl methyl sites for hydroxylation is 1. The van der Waals surface area contributed by atoms with Crippen LogP contribution in [0.3, 0.4) is 0 Å². The van der Waals surface area contributed by atoms with Gasteiger partial charge in [0.25, 0.3) is 0 Å². The molecule has 0 aliphatic heterocycles. The molecule has 0 aromatic heterocycles. The molecule has 5 heteroatoms. The average Bonchev–Trinajstić information content (AvgIpc) is 3.19. The highest BCUT2D eigenvalue weighted by molar-refractivity contribution is 6.25. The number of hydrogen-bond donors (Lipinski definition) is 2. The molecule has 36 heavy (non-hydrogen) atoms. The Labute approximate surface area is 210 Å². The van der Waals surface area contributed by atoms with Gasteiger partial charge < -0.3 is 10.2 Å². The third kappa shape index (κ3) is 4.78. The van der Waals surface area contributed by atoms with E-state index in [1.807, 2.05) is 45.1 Å². The number of Topliss-reactive ketones (excluding diaryl/α,β-unsaturated/α-hetero) is 1. The van der Waals surface area contributed by atoms with Gasteiger partial charge in [0, 0.05) is 11.1 Å². The molecule has 2 aromatic rings. The molecule has 0 heterocycles. The highest BCUT2D eigenvalue weighted by Crippen LogP contribution is 2.40. The summed E-state index contributed by atoms with van der Waals surface area (Å²) in [7, 11) is 0. The summed E-state index contributed by atoms with van der Waals surface area (Å²) in [5.41, 5.74) is 7.37. The minimum atomic E-state index is -1.06. The summed E-state index contributed by atoms with van der Waals surface area (Å²) in [6.45, 7) is 7.84. The lowest BCUT2D eigenvalue weighted by Crippen LogP contribution is -2.18. The quantitative estimate of drug-likeness (QED) is 0.522. The van der Waals surface area contributed by atoms with Gasteiger partial charge in [-0.25, -0.2) is 9.59 Å². The Bertz CT molecular complexity index is 1460. The van der Waals surface area contributed by atoms with Crippen molar-refractivity contribution in [3.05, 3.63) is 111 Å². The number of aromatic carboxylic acids is 1. The summed E-state index contributed by atoms with van der Waals surface area (Å²) in [4.78, 5) is 34.7. The van der Waals surface area contributed by atoms with Gasteiger partial charge in [0.05, 0.1) is 5.56 Å². The van der Waals surface area contributed by atoms with Crippen LogP contribution in [-0.4, -0.2) is 27.9 Å². The smallest absolute Gasteiger partial charge is 0.336 e. The number of carboxylic acid groups (broad SMARTS) is 2. The molecular formula is C31H28O5. The molecule has 3 aliphatic carbocycles. The van der Waals surface area contributed by atoms with E-state index in [9.17, 15) is 24.6 Å². The Morgan fingerprint density at radius 3 is 2.31 bits per heavy atom. The zero-order valence-electron chi connectivity index (χ0n) is 20.8. The van der Waals surface area contributed by atoms with Gasteiger partial charge in [-0.15, -0.1) is 0 Å². The van der Waals surface area contributed by atoms with Crippen LogP contribution in [0.5, 0.6) is 0 Å². The molecule has 5 nitrogen and oxygen atoms in total. The summed E-state index contributed by atoms with van der Waals surface area (Å²) in [5, 5.41) is 18.6. The number of rotatable bonds is 3. The molecule has 2 aromatic carbocycles. The number of aliphatic carboxylic acids is 1. The van der Waals surface area contributed by atoms with E-state index in [2.05, 4.69) is 25.1 Å². The van der Waals surface area contributed by atoms with E-state index in [1.165, 1.54) is 17.2 Å². The molecule has 0 atom stereocenters. The predicted molar refractivity (Wildman–Crippen MR) is 141 cm³/mol. The van der Waals surface area contributed by atoms with Crippen molar-refractivity contribution >= 4 is 34.9 Å². The normalized spacial score (nSPS) is 17.2. The first-order valence-corrected chi connectivity index (χ1v) is 11.7. The molecule has 0 fully saturated rings. The second-order valence-electron chi connectivity index (χ2n) is 9.95. The van der Waals surface area contributed by atoms with Crippen molar-refractivity contribution in [2.45, 2.75) is 34.1 Å². The molecule has 0 unspecified atom stereocenters. The van der Waals surface area contributed by atoms with Crippen LogP contribution in [0.2, 0.25) is 0 Å². The zero-order chi connectivity index (χ0) is 26.2. The van der Waals surface area contributed by atoms with Crippen LogP contribution in [-0.2, 0) is 9.59 Å². The first-order chi connectivity index (χ1) is 17.0. The van der Waals surface area contributed by atoms with Gasteiger partial charge in [0.1, 0.15) is 0 Å². The fourth-order valence-corrected chi connectivity index (χ4v) is 4.66. The summed E-state index contributed by atoms with van der Waals surface area (Å²) in [6, 6.07) is 12.8. The van der Waals surface area contributed by atoms with Gasteiger partial charge in [-0.2, -0.15) is 0 Å². The Morgan fingerprint density at radius 2 is 1.61 bits per heavy atom. The Kier molecular flexibility index (Phi) is 6.51. The van der Waals surface area contributed by atoms with Gasteiger partial charge in [-0.05, 0) is 71.2 Å². The number of carbonyl (C=O) groups excluding carboxylic acids is 1. The van der Waals surface area contributed by atoms with Crippen molar-refractivity contribution in [3.63, 3.8) is 0 Å². The third-order valence-corrected chi connectivity index (χ3v) is 6.55. The van der Waals surface area contributed by atoms with E-state index in [0.717, 1.165) is 22.3 Å². The van der Waals surface area contributed by atoms with Gasteiger partial charge in [-0.1, -0.05) is 80.1 Å². The molecule has 182 valence electrons. The van der Waals surface area contributed by atoms with Crippen LogP contribution in [0.25, 0.3) is 17.2 Å². The number of carbonyl (C=O) groups is 3. The number of allylic oxidation sites excluding steroid dienone is 8. The molecular weight excluding hydrogens is 452 g/mol. The number of benzene rings is 2. The molecule has 2 N–H and O–H groups in total. The highest BCUT2D eigenvalue weighted by Gasteiger charge is 2.29. The van der Waals surface area contributed by atoms with Crippen molar-refractivity contribution in [1.82, 2.24) is 0 Å². The van der Waals surface area contributed by atoms with Gasteiger partial charge in [0.2, 0.25) is 0 Å². The second-order valence-corrected chi connectivity index (χ2v) is 9.95. The third-order valence-electron chi connectivity index (χ3n) is 6.55. The number of carboxylic acids is 2. The van der Waals surface area contributed by atoms with Crippen molar-refractivity contribution in [3.8, 4) is 0 Å². The number of hydrogen-bond acceptors (Lipinski definition) is 3. The summed E-state index contributed by atoms with van der Waals surface area (Å²) in [5.74, 6) is -1.90. The van der Waals surface area contributed by atoms with Crippen molar-refractivity contribution in [2.24, 2.45) is 5.41 Å². The summed E-state index contributed by atoms with van der Waals surface area (Å²) in [6.07, 6.45) is 9.98. The maximum absolute atomic E-state index is 12.0. The fourth-order valence-electron chi connectivity index (χ4n) is 4.66. The molecule has 3 aliphatic rings. The summed E-state index contributed by atoms with van der Waals surface area (Å²) < 4.78 is 0. The molecule has 5 rings (SSSR count). The lowest BCUT2D eigenvalue weighted by molar-refractivity contribution is -0.133. The average molecular weight is 481 g/mol. The van der Waals surface area contributed by atoms with E-state index in [1.54, 1.807) is 24.3 Å². The first-order valence-electron chi connectivity index (χ1n) is 11.7. The monoisotopic (exact) mass is 480 g/mol. The number of ketones is 1. The van der Waals surface area contributed by atoms with Gasteiger partial charge in [-0.3, -0.25) is 4.79 Å². The first kappa shape index (κ1) is 24.9. The summed E-state index contributed by atoms with van der Waals surface area (Å²) >= 11 is 0. The van der Waals surface area contributed by atoms with E-state index in [0.29, 0.717) is 17.6 Å². The van der Waals surface area contributed by atoms with Crippen molar-refractivity contribution in [2.75, 3.05) is 0 Å². The standard InChI is InChI=1S/C16H16O4.C15H12O/c1-16(2)8-7-11(13(9-16)15(19)20)10-5-3-4-6-12(10)14(17)18;1-9-3-5-12-11(7-9)8-14-13(12)6-4-10(2)15(14)16/h3-8H,9H2,1-2H3,(H,17,18)(H,19,20);3-8H,1-2H3. The largest absolute Gasteiger partial charge is 0.478 e. The van der Waals surface area contributed by atoms with E-state index in [4.69, 9.17) is 0 Å². The molecule has 0 saturated carbocycles. The molecule has 0 saturated heterocycles. The van der Waals surface area contributed by atoms with Crippen LogP contribution < -0.4 is 0 Å². The Morgan fingerprint density at radius 1 is 0.889 bits per heavy atom. The van der Waals surface area contributed by atoms with Crippen LogP contribution in [0.1, 0.15) is 59.8 Å². The molecule has 0 amide bonds. The molecule has 0 spiro atoms. The lowest BCUT2D eigenvalue weighted by Gasteiger charge is -2.26. The SMILES string of the molecule is CC1(C)C=CC(c2ccccc2C(=O)O)=C(C(=O)O)C1.CC1=CC=C2C(=Cc3cc(C)ccc32)C1=O. The van der Waals surface area contributed by atoms with E-state index < -0.39 is 11.9 Å². The van der Waals surface area contributed by atoms with Crippen LogP contribution >= 0.6 is 0 Å². The fraction of sp³-hybridized carbons (Fsp3) is 0.194. The molecule has 0 radical (unpaired) electrons. The van der Waals surface area contributed by atoms with E-state index >= 15 is 0 Å². The lowest BCUT2D eigenvalue weighted by atomic mass is 9.77.